The summed E-state index contributed by atoms with van der Waals surface area (Å²) in [4.78, 5) is 12.6. The van der Waals surface area contributed by atoms with E-state index in [2.05, 4.69) is 5.32 Å². The fourth-order valence-electron chi connectivity index (χ4n) is 2.77. The highest BCUT2D eigenvalue weighted by molar-refractivity contribution is 7.94. The van der Waals surface area contributed by atoms with Crippen molar-refractivity contribution in [3.63, 3.8) is 0 Å². The van der Waals surface area contributed by atoms with Crippen molar-refractivity contribution in [2.75, 3.05) is 17.5 Å². The molecule has 1 heterocycles. The van der Waals surface area contributed by atoms with Crippen LogP contribution in [0.25, 0.3) is 0 Å². The van der Waals surface area contributed by atoms with Crippen LogP contribution in [-0.2, 0) is 21.4 Å². The summed E-state index contributed by atoms with van der Waals surface area (Å²) in [6.45, 7) is 2.10. The van der Waals surface area contributed by atoms with Crippen LogP contribution in [-0.4, -0.2) is 27.5 Å². The van der Waals surface area contributed by atoms with Crippen molar-refractivity contribution in [3.8, 4) is 5.75 Å². The van der Waals surface area contributed by atoms with Crippen molar-refractivity contribution in [1.29, 1.82) is 0 Å². The molecule has 0 bridgehead atoms. The second-order valence-electron chi connectivity index (χ2n) is 6.24. The van der Waals surface area contributed by atoms with Gasteiger partial charge in [0.15, 0.2) is 0 Å². The van der Waals surface area contributed by atoms with E-state index >= 15 is 0 Å². The Morgan fingerprint density at radius 1 is 1.10 bits per heavy atom. The number of sulfonamides is 1. The number of para-hydroxylation sites is 1. The number of halogens is 1. The van der Waals surface area contributed by atoms with Crippen molar-refractivity contribution in [3.05, 3.63) is 77.4 Å². The molecule has 30 heavy (non-hydrogen) atoms. The predicted molar refractivity (Wildman–Crippen MR) is 115 cm³/mol. The van der Waals surface area contributed by atoms with Crippen molar-refractivity contribution >= 4 is 33.0 Å². The number of nitrogens with zero attached hydrogens (tertiary/aromatic N) is 1. The van der Waals surface area contributed by atoms with Gasteiger partial charge in [-0.1, -0.05) is 24.3 Å². The lowest BCUT2D eigenvalue weighted by molar-refractivity contribution is -0.119. The normalized spacial score (nSPS) is 11.1. The number of ether oxygens (including phenoxy) is 1. The molecule has 1 amide bonds. The minimum absolute atomic E-state index is 0.0984. The molecule has 158 valence electrons. The molecule has 9 heteroatoms. The van der Waals surface area contributed by atoms with E-state index in [1.165, 1.54) is 18.2 Å². The molecule has 1 aromatic heterocycles. The van der Waals surface area contributed by atoms with Crippen molar-refractivity contribution in [2.24, 2.45) is 0 Å². The lowest BCUT2D eigenvalue weighted by Gasteiger charge is -2.23. The van der Waals surface area contributed by atoms with E-state index < -0.39 is 28.3 Å². The molecule has 3 aromatic rings. The molecule has 1 N–H and O–H groups in total. The summed E-state index contributed by atoms with van der Waals surface area (Å²) in [6, 6.07) is 15.3. The minimum Gasteiger partial charge on any atom is -0.494 e. The van der Waals surface area contributed by atoms with Gasteiger partial charge in [-0.05, 0) is 48.7 Å². The number of thiophene rings is 1. The maximum atomic E-state index is 13.3. The van der Waals surface area contributed by atoms with Crippen LogP contribution < -0.4 is 14.4 Å². The van der Waals surface area contributed by atoms with Gasteiger partial charge in [0.2, 0.25) is 5.91 Å². The number of anilines is 1. The van der Waals surface area contributed by atoms with E-state index in [1.54, 1.807) is 17.5 Å². The molecule has 0 saturated heterocycles. The van der Waals surface area contributed by atoms with Crippen molar-refractivity contribution in [2.45, 2.75) is 17.7 Å². The topological polar surface area (TPSA) is 75.7 Å². The van der Waals surface area contributed by atoms with Gasteiger partial charge >= 0.3 is 0 Å². The summed E-state index contributed by atoms with van der Waals surface area (Å²) < 4.78 is 46.1. The first-order chi connectivity index (χ1) is 14.4. The zero-order chi connectivity index (χ0) is 21.6. The first-order valence-electron chi connectivity index (χ1n) is 9.21. The lowest BCUT2D eigenvalue weighted by atomic mass is 10.2. The smallest absolute Gasteiger partial charge is 0.274 e. The zero-order valence-corrected chi connectivity index (χ0v) is 17.9. The molecule has 3 rings (SSSR count). The quantitative estimate of drug-likeness (QED) is 0.540. The van der Waals surface area contributed by atoms with Gasteiger partial charge in [-0.2, -0.15) is 0 Å². The molecule has 0 aliphatic rings. The van der Waals surface area contributed by atoms with E-state index in [9.17, 15) is 17.6 Å². The third-order valence-electron chi connectivity index (χ3n) is 4.19. The van der Waals surface area contributed by atoms with Gasteiger partial charge in [0.1, 0.15) is 22.3 Å². The molecule has 2 aromatic carbocycles. The molecule has 0 saturated carbocycles. The van der Waals surface area contributed by atoms with Crippen LogP contribution >= 0.6 is 11.3 Å². The summed E-state index contributed by atoms with van der Waals surface area (Å²) in [5, 5.41) is 4.37. The van der Waals surface area contributed by atoms with Crippen LogP contribution in [0.2, 0.25) is 0 Å². The Balaban J connectivity index is 1.80. The molecule has 0 aliphatic carbocycles. The number of amides is 1. The number of benzene rings is 2. The van der Waals surface area contributed by atoms with E-state index in [0.29, 0.717) is 12.4 Å². The Morgan fingerprint density at radius 3 is 2.50 bits per heavy atom. The highest BCUT2D eigenvalue weighted by atomic mass is 32.2. The largest absolute Gasteiger partial charge is 0.494 e. The maximum absolute atomic E-state index is 13.3. The van der Waals surface area contributed by atoms with E-state index in [4.69, 9.17) is 4.74 Å². The van der Waals surface area contributed by atoms with Crippen LogP contribution in [0.5, 0.6) is 5.75 Å². The van der Waals surface area contributed by atoms with E-state index in [0.717, 1.165) is 33.3 Å². The van der Waals surface area contributed by atoms with E-state index in [-0.39, 0.29) is 16.4 Å². The molecule has 0 fully saturated rings. The second kappa shape index (κ2) is 9.73. The fourth-order valence-corrected chi connectivity index (χ4v) is 5.29. The number of hydrogen-bond donors (Lipinski definition) is 1. The second-order valence-corrected chi connectivity index (χ2v) is 9.27. The van der Waals surface area contributed by atoms with Crippen molar-refractivity contribution in [1.82, 2.24) is 5.32 Å². The van der Waals surface area contributed by atoms with Crippen LogP contribution in [0, 0.1) is 5.82 Å². The standard InChI is InChI=1S/C21H21FN2O4S2/c1-2-28-19-7-4-3-6-16(19)14-23-20(25)15-24(18-11-9-17(22)10-12-18)30(26,27)21-8-5-13-29-21/h3-13H,2,14-15H2,1H3,(H,23,25). The Bertz CT molecular complexity index is 1080. The number of nitrogens with one attached hydrogen (secondary N) is 1. The van der Waals surface area contributed by atoms with Crippen LogP contribution in [0.15, 0.2) is 70.3 Å². The monoisotopic (exact) mass is 448 g/mol. The molecule has 0 aliphatic heterocycles. The third kappa shape index (κ3) is 5.17. The average Bonchev–Trinajstić information content (AvgIpc) is 3.28. The number of hydrogen-bond acceptors (Lipinski definition) is 5. The molecule has 0 unspecified atom stereocenters. The summed E-state index contributed by atoms with van der Waals surface area (Å²) in [5.74, 6) is -0.336. The van der Waals surface area contributed by atoms with Gasteiger partial charge in [0, 0.05) is 12.1 Å². The van der Waals surface area contributed by atoms with Gasteiger partial charge in [-0.15, -0.1) is 11.3 Å². The Morgan fingerprint density at radius 2 is 1.83 bits per heavy atom. The number of rotatable bonds is 9. The summed E-state index contributed by atoms with van der Waals surface area (Å²) in [6.07, 6.45) is 0. The molecule has 6 nitrogen and oxygen atoms in total. The SMILES string of the molecule is CCOc1ccccc1CNC(=O)CN(c1ccc(F)cc1)S(=O)(=O)c1cccs1. The van der Waals surface area contributed by atoms with Gasteiger partial charge in [-0.25, -0.2) is 12.8 Å². The average molecular weight is 449 g/mol. The molecular formula is C21H21FN2O4S2. The first kappa shape index (κ1) is 21.8. The predicted octanol–water partition coefficient (Wildman–Crippen LogP) is 3.80. The third-order valence-corrected chi connectivity index (χ3v) is 7.34. The van der Waals surface area contributed by atoms with E-state index in [1.807, 2.05) is 25.1 Å². The van der Waals surface area contributed by atoms with Crippen LogP contribution in [0.3, 0.4) is 0 Å². The number of carbonyl (C=O) groups is 1. The summed E-state index contributed by atoms with van der Waals surface area (Å²) in [5.41, 5.74) is 0.983. The first-order valence-corrected chi connectivity index (χ1v) is 11.5. The van der Waals surface area contributed by atoms with Crippen molar-refractivity contribution < 1.29 is 22.3 Å². The Labute approximate surface area is 179 Å². The van der Waals surface area contributed by atoms with Gasteiger partial charge in [0.25, 0.3) is 10.0 Å². The zero-order valence-electron chi connectivity index (χ0n) is 16.2. The highest BCUT2D eigenvalue weighted by Gasteiger charge is 2.28. The molecule has 0 atom stereocenters. The summed E-state index contributed by atoms with van der Waals surface area (Å²) >= 11 is 1.05. The lowest BCUT2D eigenvalue weighted by Crippen LogP contribution is -2.40. The Kier molecular flexibility index (Phi) is 7.07. The minimum atomic E-state index is -3.97. The van der Waals surface area contributed by atoms with Gasteiger partial charge in [0.05, 0.1) is 12.3 Å². The van der Waals surface area contributed by atoms with Gasteiger partial charge in [-0.3, -0.25) is 9.10 Å². The molecule has 0 radical (unpaired) electrons. The molecular weight excluding hydrogens is 427 g/mol. The van der Waals surface area contributed by atoms with Crippen LogP contribution in [0.1, 0.15) is 12.5 Å². The number of carbonyl (C=O) groups excluding carboxylic acids is 1. The van der Waals surface area contributed by atoms with Crippen LogP contribution in [0.4, 0.5) is 10.1 Å². The molecule has 0 spiro atoms. The summed E-state index contributed by atoms with van der Waals surface area (Å²) in [7, 11) is -3.97. The van der Waals surface area contributed by atoms with Gasteiger partial charge < -0.3 is 10.1 Å². The fraction of sp³-hybridized carbons (Fsp3) is 0.190. The Hall–Kier alpha value is -2.91. The highest BCUT2D eigenvalue weighted by Crippen LogP contribution is 2.26. The maximum Gasteiger partial charge on any atom is 0.274 e.